The molecule has 2 N–H and O–H groups in total. The summed E-state index contributed by atoms with van der Waals surface area (Å²) in [4.78, 5) is 27.3. The summed E-state index contributed by atoms with van der Waals surface area (Å²) in [5.74, 6) is -5.38. The second-order valence-corrected chi connectivity index (χ2v) is 6.08. The van der Waals surface area contributed by atoms with Crippen LogP contribution in [0.4, 0.5) is 22.0 Å². The van der Waals surface area contributed by atoms with E-state index in [0.717, 1.165) is 10.2 Å². The number of halogens is 5. The Kier molecular flexibility index (Phi) is 4.20. The second kappa shape index (κ2) is 6.03. The van der Waals surface area contributed by atoms with Crippen molar-refractivity contribution in [3.63, 3.8) is 0 Å². The van der Waals surface area contributed by atoms with Crippen LogP contribution in [0.5, 0.6) is 0 Å². The van der Waals surface area contributed by atoms with Crippen LogP contribution in [0.3, 0.4) is 0 Å². The lowest BCUT2D eigenvalue weighted by atomic mass is 10.1. The minimum atomic E-state index is -5.96. The van der Waals surface area contributed by atoms with E-state index < -0.39 is 46.1 Å². The van der Waals surface area contributed by atoms with Gasteiger partial charge in [-0.25, -0.2) is 9.48 Å². The van der Waals surface area contributed by atoms with Crippen LogP contribution in [-0.4, -0.2) is 25.9 Å². The number of rotatable bonds is 3. The van der Waals surface area contributed by atoms with Crippen molar-refractivity contribution in [2.75, 3.05) is 0 Å². The number of aryl methyl sites for hydroxylation is 1. The van der Waals surface area contributed by atoms with Crippen molar-refractivity contribution in [2.45, 2.75) is 32.0 Å². The van der Waals surface area contributed by atoms with Gasteiger partial charge in [-0.3, -0.25) is 14.8 Å². The van der Waals surface area contributed by atoms with Gasteiger partial charge >= 0.3 is 17.8 Å². The third-order valence-electron chi connectivity index (χ3n) is 4.18. The fourth-order valence-corrected chi connectivity index (χ4v) is 2.69. The van der Waals surface area contributed by atoms with E-state index in [0.29, 0.717) is 5.56 Å². The molecule has 0 aliphatic rings. The predicted molar refractivity (Wildman–Crippen MR) is 85.9 cm³/mol. The Morgan fingerprint density at radius 1 is 1.04 bits per heavy atom. The summed E-state index contributed by atoms with van der Waals surface area (Å²) in [5.41, 5.74) is -3.27. The summed E-state index contributed by atoms with van der Waals surface area (Å²) in [5, 5.41) is 2.37. The fraction of sp³-hybridized carbons (Fsp3) is 0.312. The molecule has 0 saturated carbocycles. The van der Waals surface area contributed by atoms with Crippen molar-refractivity contribution in [1.29, 1.82) is 0 Å². The Balaban J connectivity index is 2.33. The van der Waals surface area contributed by atoms with Gasteiger partial charge in [-0.1, -0.05) is 29.8 Å². The number of hydrogen-bond donors (Lipinski definition) is 2. The van der Waals surface area contributed by atoms with Crippen LogP contribution in [0, 0.1) is 6.92 Å². The van der Waals surface area contributed by atoms with Crippen LogP contribution in [0.15, 0.2) is 33.9 Å². The van der Waals surface area contributed by atoms with Gasteiger partial charge < -0.3 is 0 Å². The molecule has 0 spiro atoms. The average molecular weight is 388 g/mol. The highest BCUT2D eigenvalue weighted by atomic mass is 19.4. The molecule has 11 heteroatoms. The van der Waals surface area contributed by atoms with Crippen molar-refractivity contribution >= 4 is 11.0 Å². The number of hydrogen-bond acceptors (Lipinski definition) is 3. The molecule has 1 atom stereocenters. The third kappa shape index (κ3) is 3.02. The first-order chi connectivity index (χ1) is 12.4. The lowest BCUT2D eigenvalue weighted by molar-refractivity contribution is -0.290. The van der Waals surface area contributed by atoms with Crippen LogP contribution >= 0.6 is 0 Å². The van der Waals surface area contributed by atoms with Crippen LogP contribution < -0.4 is 11.2 Å². The van der Waals surface area contributed by atoms with Gasteiger partial charge in [0.25, 0.3) is 5.56 Å². The molecule has 0 amide bonds. The molecule has 0 saturated heterocycles. The van der Waals surface area contributed by atoms with Crippen molar-refractivity contribution in [1.82, 2.24) is 19.7 Å². The monoisotopic (exact) mass is 388 g/mol. The average Bonchev–Trinajstić information content (AvgIpc) is 2.94. The summed E-state index contributed by atoms with van der Waals surface area (Å²) in [7, 11) is 0. The smallest absolute Gasteiger partial charge is 0.291 e. The van der Waals surface area contributed by atoms with Crippen LogP contribution in [0.2, 0.25) is 0 Å². The van der Waals surface area contributed by atoms with Gasteiger partial charge in [0.1, 0.15) is 11.0 Å². The molecule has 27 heavy (non-hydrogen) atoms. The summed E-state index contributed by atoms with van der Waals surface area (Å²) < 4.78 is 67.3. The Morgan fingerprint density at radius 3 is 2.19 bits per heavy atom. The fourth-order valence-electron chi connectivity index (χ4n) is 2.69. The molecule has 0 radical (unpaired) electrons. The molecule has 2 aromatic heterocycles. The zero-order valence-electron chi connectivity index (χ0n) is 14.0. The highest BCUT2D eigenvalue weighted by Crippen LogP contribution is 2.45. The zero-order valence-corrected chi connectivity index (χ0v) is 14.0. The largest absolute Gasteiger partial charge is 0.459 e. The number of H-pyrrole nitrogens is 2. The molecule has 1 aromatic carbocycles. The van der Waals surface area contributed by atoms with Gasteiger partial charge in [0.15, 0.2) is 5.69 Å². The normalized spacial score (nSPS) is 13.9. The lowest BCUT2D eigenvalue weighted by Crippen LogP contribution is -2.35. The number of benzene rings is 1. The van der Waals surface area contributed by atoms with Gasteiger partial charge in [0.2, 0.25) is 0 Å². The number of nitrogens with one attached hydrogen (secondary N) is 2. The molecular formula is C16H13F5N4O2. The van der Waals surface area contributed by atoms with Gasteiger partial charge in [0, 0.05) is 0 Å². The number of aromatic amines is 2. The summed E-state index contributed by atoms with van der Waals surface area (Å²) in [6.45, 7) is 3.31. The van der Waals surface area contributed by atoms with E-state index >= 15 is 0 Å². The summed E-state index contributed by atoms with van der Waals surface area (Å²) >= 11 is 0. The number of fused-ring (bicyclic) bond motifs is 1. The van der Waals surface area contributed by atoms with Gasteiger partial charge in [-0.05, 0) is 19.4 Å². The predicted octanol–water partition coefficient (Wildman–Crippen LogP) is 2.98. The summed E-state index contributed by atoms with van der Waals surface area (Å²) in [6, 6.07) is 5.89. The first kappa shape index (κ1) is 18.8. The molecule has 0 aliphatic heterocycles. The molecule has 3 rings (SSSR count). The van der Waals surface area contributed by atoms with E-state index in [4.69, 9.17) is 0 Å². The van der Waals surface area contributed by atoms with Crippen molar-refractivity contribution in [3.8, 4) is 0 Å². The number of aromatic nitrogens is 4. The highest BCUT2D eigenvalue weighted by molar-refractivity contribution is 5.78. The van der Waals surface area contributed by atoms with Crippen molar-refractivity contribution in [2.24, 2.45) is 0 Å². The lowest BCUT2D eigenvalue weighted by Gasteiger charge is -2.17. The van der Waals surface area contributed by atoms with Gasteiger partial charge in [-0.15, -0.1) is 0 Å². The molecule has 144 valence electrons. The molecule has 0 bridgehead atoms. The quantitative estimate of drug-likeness (QED) is 0.677. The maximum Gasteiger partial charge on any atom is 0.459 e. The molecule has 6 nitrogen and oxygen atoms in total. The van der Waals surface area contributed by atoms with E-state index in [2.05, 4.69) is 10.1 Å². The van der Waals surface area contributed by atoms with Crippen molar-refractivity contribution < 1.29 is 22.0 Å². The topological polar surface area (TPSA) is 83.5 Å². The highest BCUT2D eigenvalue weighted by Gasteiger charge is 2.61. The first-order valence-corrected chi connectivity index (χ1v) is 7.70. The Morgan fingerprint density at radius 2 is 1.63 bits per heavy atom. The molecule has 1 unspecified atom stereocenters. The van der Waals surface area contributed by atoms with E-state index in [1.54, 1.807) is 29.2 Å². The molecular weight excluding hydrogens is 375 g/mol. The van der Waals surface area contributed by atoms with E-state index in [1.165, 1.54) is 6.92 Å². The molecule has 0 aliphatic carbocycles. The Bertz CT molecular complexity index is 1110. The second-order valence-electron chi connectivity index (χ2n) is 6.08. The minimum absolute atomic E-state index is 0.518. The zero-order chi connectivity index (χ0) is 20.1. The summed E-state index contributed by atoms with van der Waals surface area (Å²) in [6.07, 6.45) is -5.96. The SMILES string of the molecule is Cc1ccc(C(C)n2nc(C(F)(F)C(F)(F)F)c3c(=O)[nH]c(=O)[nH]c32)cc1. The molecule has 0 fully saturated rings. The van der Waals surface area contributed by atoms with Gasteiger partial charge in [-0.2, -0.15) is 27.1 Å². The third-order valence-corrected chi connectivity index (χ3v) is 4.18. The van der Waals surface area contributed by atoms with Crippen LogP contribution in [0.1, 0.15) is 29.8 Å². The molecule has 3 aromatic rings. The number of nitrogens with zero attached hydrogens (tertiary/aromatic N) is 2. The Labute approximate surface area is 147 Å². The van der Waals surface area contributed by atoms with E-state index in [1.807, 2.05) is 6.92 Å². The Hall–Kier alpha value is -2.98. The van der Waals surface area contributed by atoms with Gasteiger partial charge in [0.05, 0.1) is 6.04 Å². The van der Waals surface area contributed by atoms with E-state index in [9.17, 15) is 31.5 Å². The minimum Gasteiger partial charge on any atom is -0.291 e. The van der Waals surface area contributed by atoms with Crippen LogP contribution in [-0.2, 0) is 5.92 Å². The first-order valence-electron chi connectivity index (χ1n) is 7.70. The molecule has 2 heterocycles. The standard InChI is InChI=1S/C16H13F5N4O2/c1-7-3-5-9(6-4-7)8(2)25-12-10(13(26)23-14(27)22-12)11(24-25)15(17,18)16(19,20)21/h3-6,8H,1-2H3,(H2,22,23,26,27). The van der Waals surface area contributed by atoms with Crippen molar-refractivity contribution in [3.05, 3.63) is 61.9 Å². The number of alkyl halides is 5. The van der Waals surface area contributed by atoms with E-state index in [-0.39, 0.29) is 0 Å². The maximum atomic E-state index is 14.0. The maximum absolute atomic E-state index is 14.0. The van der Waals surface area contributed by atoms with Crippen LogP contribution in [0.25, 0.3) is 11.0 Å².